The molecule has 1 aliphatic rings. The molecule has 0 saturated heterocycles. The van der Waals surface area contributed by atoms with Gasteiger partial charge >= 0.3 is 0 Å². The highest BCUT2D eigenvalue weighted by atomic mass is 35.5. The van der Waals surface area contributed by atoms with Crippen LogP contribution in [0, 0.1) is 17.8 Å². The Labute approximate surface area is 122 Å². The summed E-state index contributed by atoms with van der Waals surface area (Å²) in [6, 6.07) is 2.08. The van der Waals surface area contributed by atoms with Crippen molar-refractivity contribution < 1.29 is 0 Å². The SMILES string of the molecule is CCNCC1CCC(C)CC1Cc1ccncc1Cl. The van der Waals surface area contributed by atoms with E-state index in [1.165, 1.54) is 24.8 Å². The number of hydrogen-bond donors (Lipinski definition) is 1. The standard InChI is InChI=1S/C16H25ClN2/c1-3-18-10-14-5-4-12(2)8-15(14)9-13-6-7-19-11-16(13)17/h6-7,11-12,14-15,18H,3-5,8-10H2,1-2H3. The highest BCUT2D eigenvalue weighted by Crippen LogP contribution is 2.36. The van der Waals surface area contributed by atoms with Gasteiger partial charge in [0.15, 0.2) is 0 Å². The Balaban J connectivity index is 2.03. The first-order valence-electron chi connectivity index (χ1n) is 7.49. The largest absolute Gasteiger partial charge is 0.317 e. The van der Waals surface area contributed by atoms with Gasteiger partial charge < -0.3 is 5.32 Å². The van der Waals surface area contributed by atoms with Gasteiger partial charge in [-0.05, 0) is 61.7 Å². The van der Waals surface area contributed by atoms with E-state index in [2.05, 4.69) is 30.2 Å². The minimum Gasteiger partial charge on any atom is -0.317 e. The van der Waals surface area contributed by atoms with Crippen molar-refractivity contribution in [3.63, 3.8) is 0 Å². The second-order valence-electron chi connectivity index (χ2n) is 5.92. The molecule has 0 aliphatic heterocycles. The Hall–Kier alpha value is -0.600. The zero-order valence-corrected chi connectivity index (χ0v) is 12.8. The Morgan fingerprint density at radius 1 is 1.37 bits per heavy atom. The van der Waals surface area contributed by atoms with Gasteiger partial charge in [0.25, 0.3) is 0 Å². The van der Waals surface area contributed by atoms with Crippen LogP contribution in [0.4, 0.5) is 0 Å². The fraction of sp³-hybridized carbons (Fsp3) is 0.688. The third-order valence-electron chi connectivity index (χ3n) is 4.40. The molecule has 1 aliphatic carbocycles. The Morgan fingerprint density at radius 2 is 2.21 bits per heavy atom. The summed E-state index contributed by atoms with van der Waals surface area (Å²) in [5.41, 5.74) is 1.26. The van der Waals surface area contributed by atoms with Crippen LogP contribution in [-0.4, -0.2) is 18.1 Å². The maximum absolute atomic E-state index is 6.25. The van der Waals surface area contributed by atoms with Crippen LogP contribution in [0.2, 0.25) is 5.02 Å². The molecule has 19 heavy (non-hydrogen) atoms. The lowest BCUT2D eigenvalue weighted by Crippen LogP contribution is -2.33. The molecule has 0 bridgehead atoms. The highest BCUT2D eigenvalue weighted by molar-refractivity contribution is 6.31. The lowest BCUT2D eigenvalue weighted by molar-refractivity contribution is 0.184. The number of hydrogen-bond acceptors (Lipinski definition) is 2. The fourth-order valence-corrected chi connectivity index (χ4v) is 3.46. The Morgan fingerprint density at radius 3 is 2.95 bits per heavy atom. The van der Waals surface area contributed by atoms with Crippen molar-refractivity contribution in [2.45, 2.75) is 39.5 Å². The third-order valence-corrected chi connectivity index (χ3v) is 4.74. The van der Waals surface area contributed by atoms with Gasteiger partial charge in [0.1, 0.15) is 0 Å². The lowest BCUT2D eigenvalue weighted by atomic mass is 9.72. The first kappa shape index (κ1) is 14.8. The first-order chi connectivity index (χ1) is 9.20. The third kappa shape index (κ3) is 4.19. The van der Waals surface area contributed by atoms with E-state index in [4.69, 9.17) is 11.6 Å². The van der Waals surface area contributed by atoms with Gasteiger partial charge in [-0.25, -0.2) is 0 Å². The molecular weight excluding hydrogens is 256 g/mol. The number of pyridine rings is 1. The van der Waals surface area contributed by atoms with Crippen molar-refractivity contribution in [3.05, 3.63) is 29.0 Å². The highest BCUT2D eigenvalue weighted by Gasteiger charge is 2.28. The van der Waals surface area contributed by atoms with Crippen molar-refractivity contribution in [1.29, 1.82) is 0 Å². The van der Waals surface area contributed by atoms with Gasteiger partial charge in [0, 0.05) is 12.4 Å². The van der Waals surface area contributed by atoms with Crippen LogP contribution in [0.1, 0.15) is 38.7 Å². The van der Waals surface area contributed by atoms with Gasteiger partial charge in [-0.2, -0.15) is 0 Å². The number of rotatable bonds is 5. The van der Waals surface area contributed by atoms with Crippen LogP contribution in [-0.2, 0) is 6.42 Å². The average molecular weight is 281 g/mol. The maximum Gasteiger partial charge on any atom is 0.0621 e. The van der Waals surface area contributed by atoms with E-state index in [1.54, 1.807) is 6.20 Å². The molecule has 0 radical (unpaired) electrons. The number of halogens is 1. The molecule has 1 fully saturated rings. The maximum atomic E-state index is 6.25. The predicted molar refractivity (Wildman–Crippen MR) is 81.5 cm³/mol. The van der Waals surface area contributed by atoms with Crippen LogP contribution >= 0.6 is 11.6 Å². The molecule has 1 aromatic rings. The quantitative estimate of drug-likeness (QED) is 0.884. The molecule has 0 aromatic carbocycles. The van der Waals surface area contributed by atoms with Gasteiger partial charge in [-0.3, -0.25) is 4.98 Å². The van der Waals surface area contributed by atoms with E-state index < -0.39 is 0 Å². The summed E-state index contributed by atoms with van der Waals surface area (Å²) in [7, 11) is 0. The minimum atomic E-state index is 0.752. The summed E-state index contributed by atoms with van der Waals surface area (Å²) in [5, 5.41) is 4.34. The second-order valence-corrected chi connectivity index (χ2v) is 6.32. The lowest BCUT2D eigenvalue weighted by Gasteiger charge is -2.35. The molecule has 3 heteroatoms. The van der Waals surface area contributed by atoms with E-state index in [1.807, 2.05) is 6.20 Å². The summed E-state index contributed by atoms with van der Waals surface area (Å²) < 4.78 is 0. The molecule has 1 heterocycles. The minimum absolute atomic E-state index is 0.752. The van der Waals surface area contributed by atoms with Crippen LogP contribution in [0.3, 0.4) is 0 Å². The van der Waals surface area contributed by atoms with Gasteiger partial charge in [0.05, 0.1) is 5.02 Å². The molecule has 0 amide bonds. The smallest absolute Gasteiger partial charge is 0.0621 e. The van der Waals surface area contributed by atoms with Crippen LogP contribution < -0.4 is 5.32 Å². The van der Waals surface area contributed by atoms with E-state index in [0.717, 1.165) is 42.3 Å². The monoisotopic (exact) mass is 280 g/mol. The fourth-order valence-electron chi connectivity index (χ4n) is 3.26. The molecule has 106 valence electrons. The van der Waals surface area contributed by atoms with E-state index in [0.29, 0.717) is 0 Å². The molecule has 3 unspecified atom stereocenters. The zero-order chi connectivity index (χ0) is 13.7. The second kappa shape index (κ2) is 7.25. The molecule has 3 atom stereocenters. The van der Waals surface area contributed by atoms with Crippen LogP contribution in [0.25, 0.3) is 0 Å². The average Bonchev–Trinajstić information content (AvgIpc) is 2.40. The summed E-state index contributed by atoms with van der Waals surface area (Å²) in [6.45, 7) is 6.77. The summed E-state index contributed by atoms with van der Waals surface area (Å²) in [6.07, 6.45) is 8.77. The van der Waals surface area contributed by atoms with Crippen LogP contribution in [0.5, 0.6) is 0 Å². The van der Waals surface area contributed by atoms with Gasteiger partial charge in [-0.15, -0.1) is 0 Å². The first-order valence-corrected chi connectivity index (χ1v) is 7.87. The molecule has 1 N–H and O–H groups in total. The predicted octanol–water partition coefficient (Wildman–Crippen LogP) is 3.94. The summed E-state index contributed by atoms with van der Waals surface area (Å²) in [5.74, 6) is 2.39. The van der Waals surface area contributed by atoms with Crippen LogP contribution in [0.15, 0.2) is 18.5 Å². The Kier molecular flexibility index (Phi) is 5.65. The zero-order valence-electron chi connectivity index (χ0n) is 12.0. The topological polar surface area (TPSA) is 24.9 Å². The van der Waals surface area contributed by atoms with E-state index >= 15 is 0 Å². The number of nitrogens with zero attached hydrogens (tertiary/aromatic N) is 1. The van der Waals surface area contributed by atoms with Crippen molar-refractivity contribution in [3.8, 4) is 0 Å². The van der Waals surface area contributed by atoms with Crippen molar-refractivity contribution in [1.82, 2.24) is 10.3 Å². The Bertz CT molecular complexity index is 392. The summed E-state index contributed by atoms with van der Waals surface area (Å²) >= 11 is 6.25. The van der Waals surface area contributed by atoms with Crippen molar-refractivity contribution >= 4 is 11.6 Å². The molecule has 1 aromatic heterocycles. The number of nitrogens with one attached hydrogen (secondary N) is 1. The molecule has 1 saturated carbocycles. The summed E-state index contributed by atoms with van der Waals surface area (Å²) in [4.78, 5) is 4.08. The molecule has 2 rings (SSSR count). The molecule has 0 spiro atoms. The van der Waals surface area contributed by atoms with Gasteiger partial charge in [0.2, 0.25) is 0 Å². The molecule has 2 nitrogen and oxygen atoms in total. The van der Waals surface area contributed by atoms with Gasteiger partial charge in [-0.1, -0.05) is 31.9 Å². The van der Waals surface area contributed by atoms with Crippen molar-refractivity contribution in [2.24, 2.45) is 17.8 Å². The normalized spacial score (nSPS) is 27.4. The van der Waals surface area contributed by atoms with Crippen molar-refractivity contribution in [2.75, 3.05) is 13.1 Å². The molecular formula is C16H25ClN2. The number of aromatic nitrogens is 1. The van der Waals surface area contributed by atoms with E-state index in [9.17, 15) is 0 Å². The van der Waals surface area contributed by atoms with E-state index in [-0.39, 0.29) is 0 Å².